The molecule has 4 aromatic rings. The smallest absolute Gasteiger partial charge is 0.310 e. The monoisotopic (exact) mass is 458 g/mol. The standard InChI is InChI=1S/C27H27FN4O2/c1-3-17-31-25(29-23-15-9-7-13-21(23)26(31)33)19(2)32(18-20-11-5-4-6-12-20)27(34)30-24-16-10-8-14-22(24)28/h4-16,19H,3,17-18H2,1-2H3,(H,30,34). The highest BCUT2D eigenvalue weighted by molar-refractivity contribution is 5.89. The zero-order valence-corrected chi connectivity index (χ0v) is 19.2. The summed E-state index contributed by atoms with van der Waals surface area (Å²) in [5, 5.41) is 3.22. The number of carbonyl (C=O) groups is 1. The van der Waals surface area contributed by atoms with Crippen LogP contribution in [-0.4, -0.2) is 20.5 Å². The topological polar surface area (TPSA) is 67.2 Å². The molecule has 1 aromatic heterocycles. The van der Waals surface area contributed by atoms with Crippen LogP contribution in [0.25, 0.3) is 10.9 Å². The SMILES string of the molecule is CCCn1c(C(C)N(Cc2ccccc2)C(=O)Nc2ccccc2F)nc2ccccc2c1=O. The Labute approximate surface area is 197 Å². The third-order valence-corrected chi connectivity index (χ3v) is 5.75. The molecule has 0 saturated carbocycles. The molecule has 6 nitrogen and oxygen atoms in total. The summed E-state index contributed by atoms with van der Waals surface area (Å²) in [5.74, 6) is -0.0277. The van der Waals surface area contributed by atoms with Crippen LogP contribution in [0.3, 0.4) is 0 Å². The van der Waals surface area contributed by atoms with Crippen molar-refractivity contribution >= 4 is 22.6 Å². The number of hydrogen-bond donors (Lipinski definition) is 1. The number of benzene rings is 3. The highest BCUT2D eigenvalue weighted by atomic mass is 19.1. The Morgan fingerprint density at radius 3 is 2.44 bits per heavy atom. The quantitative estimate of drug-likeness (QED) is 0.384. The Bertz CT molecular complexity index is 1350. The van der Waals surface area contributed by atoms with Crippen LogP contribution in [0, 0.1) is 5.82 Å². The summed E-state index contributed by atoms with van der Waals surface area (Å²) in [4.78, 5) is 33.1. The van der Waals surface area contributed by atoms with Crippen molar-refractivity contribution < 1.29 is 9.18 Å². The lowest BCUT2D eigenvalue weighted by molar-refractivity contribution is 0.184. The number of nitrogens with zero attached hydrogens (tertiary/aromatic N) is 3. The van der Waals surface area contributed by atoms with Gasteiger partial charge in [0.1, 0.15) is 11.6 Å². The summed E-state index contributed by atoms with van der Waals surface area (Å²) >= 11 is 0. The zero-order valence-electron chi connectivity index (χ0n) is 19.2. The largest absolute Gasteiger partial charge is 0.322 e. The lowest BCUT2D eigenvalue weighted by Crippen LogP contribution is -2.40. The number of fused-ring (bicyclic) bond motifs is 1. The van der Waals surface area contributed by atoms with Crippen molar-refractivity contribution in [1.82, 2.24) is 14.5 Å². The van der Waals surface area contributed by atoms with Crippen molar-refractivity contribution in [2.45, 2.75) is 39.4 Å². The van der Waals surface area contributed by atoms with E-state index in [2.05, 4.69) is 5.32 Å². The molecular weight excluding hydrogens is 431 g/mol. The van der Waals surface area contributed by atoms with Crippen LogP contribution < -0.4 is 10.9 Å². The molecule has 1 N–H and O–H groups in total. The third-order valence-electron chi connectivity index (χ3n) is 5.75. The van der Waals surface area contributed by atoms with E-state index in [4.69, 9.17) is 4.98 Å². The number of urea groups is 1. The maximum absolute atomic E-state index is 14.3. The number of halogens is 1. The van der Waals surface area contributed by atoms with Gasteiger partial charge < -0.3 is 10.2 Å². The fourth-order valence-corrected chi connectivity index (χ4v) is 4.00. The molecule has 174 valence electrons. The van der Waals surface area contributed by atoms with Gasteiger partial charge in [0.25, 0.3) is 5.56 Å². The maximum Gasteiger partial charge on any atom is 0.322 e. The van der Waals surface area contributed by atoms with Gasteiger partial charge in [-0.1, -0.05) is 61.5 Å². The summed E-state index contributed by atoms with van der Waals surface area (Å²) in [6.45, 7) is 4.57. The van der Waals surface area contributed by atoms with E-state index in [1.165, 1.54) is 12.1 Å². The van der Waals surface area contributed by atoms with Gasteiger partial charge in [-0.25, -0.2) is 14.2 Å². The molecule has 1 unspecified atom stereocenters. The molecule has 0 aliphatic heterocycles. The molecule has 0 saturated heterocycles. The fraction of sp³-hybridized carbons (Fsp3) is 0.222. The number of nitrogens with one attached hydrogen (secondary N) is 1. The summed E-state index contributed by atoms with van der Waals surface area (Å²) in [6, 6.07) is 21.7. The lowest BCUT2D eigenvalue weighted by Gasteiger charge is -2.31. The van der Waals surface area contributed by atoms with Gasteiger partial charge in [0, 0.05) is 13.1 Å². The summed E-state index contributed by atoms with van der Waals surface area (Å²) in [6.07, 6.45) is 0.736. The van der Waals surface area contributed by atoms with E-state index in [-0.39, 0.29) is 17.8 Å². The van der Waals surface area contributed by atoms with E-state index in [1.807, 2.05) is 56.3 Å². The Hall–Kier alpha value is -4.00. The highest BCUT2D eigenvalue weighted by Gasteiger charge is 2.27. The molecule has 1 atom stereocenters. The molecular formula is C27H27FN4O2. The minimum Gasteiger partial charge on any atom is -0.310 e. The first-order chi connectivity index (χ1) is 16.5. The van der Waals surface area contributed by atoms with Gasteiger partial charge in [-0.2, -0.15) is 0 Å². The third kappa shape index (κ3) is 4.83. The fourth-order valence-electron chi connectivity index (χ4n) is 4.00. The van der Waals surface area contributed by atoms with E-state index >= 15 is 0 Å². The number of aromatic nitrogens is 2. The van der Waals surface area contributed by atoms with E-state index in [9.17, 15) is 14.0 Å². The molecule has 0 bridgehead atoms. The Morgan fingerprint density at radius 1 is 1.03 bits per heavy atom. The maximum atomic E-state index is 14.3. The van der Waals surface area contributed by atoms with E-state index < -0.39 is 17.9 Å². The zero-order chi connectivity index (χ0) is 24.1. The van der Waals surface area contributed by atoms with Crippen LogP contribution in [0.1, 0.15) is 37.7 Å². The van der Waals surface area contributed by atoms with Crippen LogP contribution in [0.2, 0.25) is 0 Å². The first-order valence-electron chi connectivity index (χ1n) is 11.3. The number of carbonyl (C=O) groups excluding carboxylic acids is 1. The molecule has 0 fully saturated rings. The second-order valence-corrected chi connectivity index (χ2v) is 8.14. The van der Waals surface area contributed by atoms with Crippen molar-refractivity contribution in [2.24, 2.45) is 0 Å². The second kappa shape index (κ2) is 10.3. The molecule has 0 aliphatic carbocycles. The summed E-state index contributed by atoms with van der Waals surface area (Å²) < 4.78 is 15.9. The van der Waals surface area contributed by atoms with Crippen LogP contribution in [-0.2, 0) is 13.1 Å². The predicted molar refractivity (Wildman–Crippen MR) is 132 cm³/mol. The lowest BCUT2D eigenvalue weighted by atomic mass is 10.1. The van der Waals surface area contributed by atoms with Crippen LogP contribution >= 0.6 is 0 Å². The molecule has 7 heteroatoms. The van der Waals surface area contributed by atoms with E-state index in [1.54, 1.807) is 33.7 Å². The minimum absolute atomic E-state index is 0.0928. The van der Waals surface area contributed by atoms with Gasteiger partial charge in [0.15, 0.2) is 0 Å². The molecule has 2 amide bonds. The van der Waals surface area contributed by atoms with Crippen molar-refractivity contribution in [3.8, 4) is 0 Å². The number of amides is 2. The Kier molecular flexibility index (Phi) is 7.01. The Balaban J connectivity index is 1.78. The number of anilines is 1. The van der Waals surface area contributed by atoms with Crippen LogP contribution in [0.5, 0.6) is 0 Å². The van der Waals surface area contributed by atoms with Gasteiger partial charge in [-0.15, -0.1) is 0 Å². The molecule has 0 aliphatic rings. The molecule has 34 heavy (non-hydrogen) atoms. The van der Waals surface area contributed by atoms with Crippen molar-refractivity contribution in [3.05, 3.63) is 106 Å². The van der Waals surface area contributed by atoms with Gasteiger partial charge in [0.05, 0.1) is 22.6 Å². The minimum atomic E-state index is -0.559. The van der Waals surface area contributed by atoms with Crippen molar-refractivity contribution in [3.63, 3.8) is 0 Å². The summed E-state index contributed by atoms with van der Waals surface area (Å²) in [7, 11) is 0. The molecule has 3 aromatic carbocycles. The van der Waals surface area contributed by atoms with Gasteiger partial charge in [0.2, 0.25) is 0 Å². The Morgan fingerprint density at radius 2 is 1.71 bits per heavy atom. The van der Waals surface area contributed by atoms with Crippen LogP contribution in [0.4, 0.5) is 14.9 Å². The molecule has 1 heterocycles. The normalized spacial score (nSPS) is 11.9. The van der Waals surface area contributed by atoms with E-state index in [0.29, 0.717) is 23.3 Å². The van der Waals surface area contributed by atoms with Gasteiger partial charge >= 0.3 is 6.03 Å². The van der Waals surface area contributed by atoms with E-state index in [0.717, 1.165) is 12.0 Å². The predicted octanol–water partition coefficient (Wildman–Crippen LogP) is 5.74. The first-order valence-corrected chi connectivity index (χ1v) is 11.3. The number of para-hydroxylation sites is 2. The highest BCUT2D eigenvalue weighted by Crippen LogP contribution is 2.24. The molecule has 0 spiro atoms. The van der Waals surface area contributed by atoms with Crippen molar-refractivity contribution in [1.29, 1.82) is 0 Å². The number of rotatable bonds is 7. The molecule has 4 rings (SSSR count). The average molecular weight is 459 g/mol. The van der Waals surface area contributed by atoms with Crippen LogP contribution in [0.15, 0.2) is 83.7 Å². The first kappa shape index (κ1) is 23.2. The molecule has 0 radical (unpaired) electrons. The summed E-state index contributed by atoms with van der Waals surface area (Å²) in [5.41, 5.74) is 1.44. The second-order valence-electron chi connectivity index (χ2n) is 8.14. The van der Waals surface area contributed by atoms with Gasteiger partial charge in [-0.05, 0) is 43.2 Å². The number of hydrogen-bond acceptors (Lipinski definition) is 3. The van der Waals surface area contributed by atoms with Crippen molar-refractivity contribution in [2.75, 3.05) is 5.32 Å². The average Bonchev–Trinajstić information content (AvgIpc) is 2.86. The van der Waals surface area contributed by atoms with Gasteiger partial charge in [-0.3, -0.25) is 9.36 Å².